The van der Waals surface area contributed by atoms with E-state index in [0.717, 1.165) is 61.4 Å². The molecule has 6 nitrogen and oxygen atoms in total. The minimum absolute atomic E-state index is 0.119. The van der Waals surface area contributed by atoms with E-state index in [4.69, 9.17) is 0 Å². The first-order valence-corrected chi connectivity index (χ1v) is 14.6. The van der Waals surface area contributed by atoms with Crippen LogP contribution in [0.15, 0.2) is 50.8 Å². The quantitative estimate of drug-likeness (QED) is 0.160. The van der Waals surface area contributed by atoms with Crippen LogP contribution in [0.1, 0.15) is 41.5 Å². The fourth-order valence-electron chi connectivity index (χ4n) is 6.89. The number of benzene rings is 6. The number of nitrogens with zero attached hydrogens (tertiary/aromatic N) is 3. The monoisotopic (exact) mass is 534 g/mol. The Kier molecular flexibility index (Phi) is 6.25. The molecule has 6 rings (SSSR count). The first-order chi connectivity index (χ1) is 19.3. The van der Waals surface area contributed by atoms with E-state index in [1.807, 2.05) is 36.4 Å². The molecule has 40 heavy (non-hydrogen) atoms. The second kappa shape index (κ2) is 9.54. The molecule has 6 heteroatoms. The van der Waals surface area contributed by atoms with Crippen LogP contribution in [0.5, 0.6) is 0 Å². The Morgan fingerprint density at radius 1 is 0.475 bits per heavy atom. The van der Waals surface area contributed by atoms with E-state index in [-0.39, 0.29) is 16.3 Å². The van der Waals surface area contributed by atoms with Crippen LogP contribution in [-0.2, 0) is 0 Å². The molecule has 0 aliphatic heterocycles. The molecule has 0 amide bonds. The molecule has 0 bridgehead atoms. The topological polar surface area (TPSA) is 60.7 Å². The van der Waals surface area contributed by atoms with Crippen molar-refractivity contribution in [3.05, 3.63) is 72.4 Å². The maximum atomic E-state index is 14.3. The van der Waals surface area contributed by atoms with E-state index in [1.165, 1.54) is 0 Å². The van der Waals surface area contributed by atoms with Crippen LogP contribution >= 0.6 is 0 Å². The summed E-state index contributed by atoms with van der Waals surface area (Å²) in [6.45, 7) is 17.1. The van der Waals surface area contributed by atoms with Crippen LogP contribution in [-0.4, -0.2) is 39.3 Å². The second-order valence-corrected chi connectivity index (χ2v) is 10.6. The lowest BCUT2D eigenvalue weighted by Gasteiger charge is -2.24. The molecule has 0 saturated carbocycles. The predicted molar refractivity (Wildman–Crippen MR) is 171 cm³/mol. The van der Waals surface area contributed by atoms with E-state index in [2.05, 4.69) is 55.9 Å². The van der Waals surface area contributed by atoms with Crippen LogP contribution in [0.4, 0.5) is 11.4 Å². The first kappa shape index (κ1) is 26.2. The molecule has 0 spiro atoms. The standard InChI is InChI=1S/C34H36N3O3/c1-7-35(8-2)19-13-22-28-23(14-19)33(39)25-16-21(37(11-5)12-6)18-27-30(25)31(28)29-24(32(22)38)15-20(36(9-3)10-4)17-26(29)34(27)40/h13-18H,7-12H2,1-6H3/q+1. The summed E-state index contributed by atoms with van der Waals surface area (Å²) in [5, 5.41) is 7.11. The molecule has 0 aliphatic carbocycles. The molecule has 0 saturated heterocycles. The van der Waals surface area contributed by atoms with Gasteiger partial charge in [-0.3, -0.25) is 14.4 Å². The van der Waals surface area contributed by atoms with Gasteiger partial charge in [0.2, 0.25) is 5.36 Å². The van der Waals surface area contributed by atoms with Crippen molar-refractivity contribution in [2.24, 2.45) is 0 Å². The summed E-state index contributed by atoms with van der Waals surface area (Å²) >= 11 is 0. The molecule has 0 heterocycles. The van der Waals surface area contributed by atoms with E-state index in [9.17, 15) is 14.4 Å². The summed E-state index contributed by atoms with van der Waals surface area (Å²) in [6, 6.07) is 11.7. The summed E-state index contributed by atoms with van der Waals surface area (Å²) in [4.78, 5) is 47.2. The lowest BCUT2D eigenvalue weighted by molar-refractivity contribution is 0.627. The van der Waals surface area contributed by atoms with Crippen LogP contribution in [0, 0.1) is 0 Å². The van der Waals surface area contributed by atoms with Gasteiger partial charge in [0.15, 0.2) is 16.3 Å². The third-order valence-corrected chi connectivity index (χ3v) is 8.97. The van der Waals surface area contributed by atoms with Crippen molar-refractivity contribution in [3.8, 4) is 0 Å². The minimum Gasteiger partial charge on any atom is -0.372 e. The number of rotatable bonds is 8. The molecule has 204 valence electrons. The summed E-state index contributed by atoms with van der Waals surface area (Å²) in [7, 11) is 0. The summed E-state index contributed by atoms with van der Waals surface area (Å²) in [5.74, 6) is 0. The van der Waals surface area contributed by atoms with Gasteiger partial charge in [0.1, 0.15) is 13.1 Å². The molecule has 0 aliphatic rings. The Labute approximate surface area is 232 Å². The third-order valence-electron chi connectivity index (χ3n) is 8.97. The van der Waals surface area contributed by atoms with Crippen molar-refractivity contribution in [3.63, 3.8) is 0 Å². The second-order valence-electron chi connectivity index (χ2n) is 10.6. The van der Waals surface area contributed by atoms with Crippen LogP contribution < -0.4 is 36.0 Å². The van der Waals surface area contributed by atoms with Gasteiger partial charge in [-0.2, -0.15) is 0 Å². The summed E-state index contributed by atoms with van der Waals surface area (Å²) in [6.07, 6.45) is 0. The number of anilines is 2. The number of hydrogen-bond donors (Lipinski definition) is 0. The highest BCUT2D eigenvalue weighted by molar-refractivity contribution is 6.37. The average Bonchev–Trinajstić information content (AvgIpc) is 2.97. The highest BCUT2D eigenvalue weighted by Gasteiger charge is 2.26. The van der Waals surface area contributed by atoms with Gasteiger partial charge in [0.25, 0.3) is 0 Å². The van der Waals surface area contributed by atoms with Crippen LogP contribution in [0.25, 0.3) is 53.9 Å². The third kappa shape index (κ3) is 3.41. The zero-order valence-corrected chi connectivity index (χ0v) is 24.3. The number of hydrogen-bond acceptors (Lipinski definition) is 5. The average molecular weight is 535 g/mol. The highest BCUT2D eigenvalue weighted by atomic mass is 16.1. The van der Waals surface area contributed by atoms with E-state index in [1.54, 1.807) is 0 Å². The van der Waals surface area contributed by atoms with Crippen LogP contribution in [0.3, 0.4) is 0 Å². The van der Waals surface area contributed by atoms with E-state index < -0.39 is 0 Å². The highest BCUT2D eigenvalue weighted by Crippen LogP contribution is 2.41. The Hall–Kier alpha value is -4.06. The van der Waals surface area contributed by atoms with E-state index in [0.29, 0.717) is 48.5 Å². The molecule has 0 fully saturated rings. The fraction of sp³-hybridized carbons (Fsp3) is 0.353. The van der Waals surface area contributed by atoms with Gasteiger partial charge >= 0.3 is 0 Å². The lowest BCUT2D eigenvalue weighted by Crippen LogP contribution is -2.30. The summed E-state index contributed by atoms with van der Waals surface area (Å²) < 4.78 is 2.17. The Bertz CT molecular complexity index is 2000. The molecular weight excluding hydrogens is 498 g/mol. The molecule has 6 aromatic carbocycles. The van der Waals surface area contributed by atoms with Gasteiger partial charge in [-0.15, -0.1) is 0 Å². The Morgan fingerprint density at radius 3 is 1.05 bits per heavy atom. The zero-order valence-electron chi connectivity index (χ0n) is 24.3. The molecule has 0 atom stereocenters. The van der Waals surface area contributed by atoms with Gasteiger partial charge in [0.05, 0.1) is 0 Å². The molecule has 0 N–H and O–H groups in total. The van der Waals surface area contributed by atoms with E-state index >= 15 is 0 Å². The minimum atomic E-state index is -0.119. The maximum absolute atomic E-state index is 14.3. The zero-order chi connectivity index (χ0) is 28.5. The normalized spacial score (nSPS) is 12.2. The van der Waals surface area contributed by atoms with Gasteiger partial charge in [-0.25, -0.2) is 4.58 Å². The largest absolute Gasteiger partial charge is 0.372 e. The van der Waals surface area contributed by atoms with Gasteiger partial charge < -0.3 is 9.80 Å². The lowest BCUT2D eigenvalue weighted by atomic mass is 9.85. The first-order valence-electron chi connectivity index (χ1n) is 14.6. The van der Waals surface area contributed by atoms with Gasteiger partial charge in [0, 0.05) is 104 Å². The van der Waals surface area contributed by atoms with Crippen molar-refractivity contribution in [2.45, 2.75) is 41.5 Å². The van der Waals surface area contributed by atoms with Crippen molar-refractivity contribution in [1.82, 2.24) is 4.58 Å². The van der Waals surface area contributed by atoms with Crippen molar-refractivity contribution >= 4 is 65.2 Å². The molecule has 0 radical (unpaired) electrons. The van der Waals surface area contributed by atoms with Crippen LogP contribution in [0.2, 0.25) is 0 Å². The molecule has 0 unspecified atom stereocenters. The van der Waals surface area contributed by atoms with Crippen molar-refractivity contribution in [2.75, 3.05) is 49.1 Å². The summed E-state index contributed by atoms with van der Waals surface area (Å²) in [5.41, 5.74) is 1.39. The predicted octanol–water partition coefficient (Wildman–Crippen LogP) is 4.79. The van der Waals surface area contributed by atoms with Gasteiger partial charge in [-0.1, -0.05) is 0 Å². The SMILES string of the molecule is CCN(CC)c1cc2c(=O)c3cc(N(CC)CC)cc4c(=O)c5cc(=[N+](CC)CC)cc6c(=O)c(c1)c2c(c34)c65. The Balaban J connectivity index is 2.00. The Morgan fingerprint density at radius 2 is 0.775 bits per heavy atom. The smallest absolute Gasteiger partial charge is 0.201 e. The molecule has 6 aromatic rings. The maximum Gasteiger partial charge on any atom is 0.201 e. The van der Waals surface area contributed by atoms with Gasteiger partial charge in [-0.05, 0) is 65.8 Å². The molecule has 0 aromatic heterocycles. The fourth-order valence-corrected chi connectivity index (χ4v) is 6.89. The molecular formula is C34H36N3O3+. The van der Waals surface area contributed by atoms with Crippen molar-refractivity contribution in [1.29, 1.82) is 0 Å². The van der Waals surface area contributed by atoms with Crippen molar-refractivity contribution < 1.29 is 0 Å².